The first kappa shape index (κ1) is 22.3. The molecule has 0 amide bonds. The minimum Gasteiger partial charge on any atom is -0.481 e. The second kappa shape index (κ2) is 8.08. The number of hydrogen-bond donors (Lipinski definition) is 1. The Morgan fingerprint density at radius 3 is 2.74 bits per heavy atom. The molecule has 7 nitrogen and oxygen atoms in total. The summed E-state index contributed by atoms with van der Waals surface area (Å²) in [5.74, 6) is 0.778. The summed E-state index contributed by atoms with van der Waals surface area (Å²) in [7, 11) is 3.64. The van der Waals surface area contributed by atoms with Crippen LogP contribution in [0.2, 0.25) is 0 Å². The molecule has 1 N–H and O–H groups in total. The number of allylic oxidation sites excluding steroid dienone is 2. The van der Waals surface area contributed by atoms with Crippen LogP contribution in [0.3, 0.4) is 0 Å². The number of methoxy groups -OCH3 is 1. The summed E-state index contributed by atoms with van der Waals surface area (Å²) in [6.07, 6.45) is 5.48. The Hall–Kier alpha value is -3.48. The van der Waals surface area contributed by atoms with Crippen LogP contribution in [0.5, 0.6) is 5.88 Å². The zero-order valence-corrected chi connectivity index (χ0v) is 20.4. The summed E-state index contributed by atoms with van der Waals surface area (Å²) >= 11 is 0. The van der Waals surface area contributed by atoms with E-state index in [1.165, 1.54) is 0 Å². The lowest BCUT2D eigenvalue weighted by molar-refractivity contribution is -0.119. The van der Waals surface area contributed by atoms with Crippen molar-refractivity contribution in [3.8, 4) is 5.88 Å². The van der Waals surface area contributed by atoms with E-state index in [9.17, 15) is 4.79 Å². The lowest BCUT2D eigenvalue weighted by Gasteiger charge is -2.48. The van der Waals surface area contributed by atoms with E-state index in [0.29, 0.717) is 12.3 Å². The van der Waals surface area contributed by atoms with Crippen molar-refractivity contribution >= 4 is 17.2 Å². The summed E-state index contributed by atoms with van der Waals surface area (Å²) in [4.78, 5) is 20.0. The summed E-state index contributed by atoms with van der Waals surface area (Å²) in [5, 5.41) is 12.3. The number of anilines is 2. The number of carbonyl (C=O) groups is 1. The Morgan fingerprint density at radius 2 is 1.97 bits per heavy atom. The van der Waals surface area contributed by atoms with Crippen molar-refractivity contribution in [2.24, 2.45) is 15.6 Å². The van der Waals surface area contributed by atoms with Crippen molar-refractivity contribution in [2.45, 2.75) is 51.6 Å². The number of fused-ring (bicyclic) bond motifs is 1. The van der Waals surface area contributed by atoms with Crippen LogP contribution in [0.4, 0.5) is 11.4 Å². The van der Waals surface area contributed by atoms with E-state index in [-0.39, 0.29) is 17.4 Å². The molecule has 176 valence electrons. The van der Waals surface area contributed by atoms with Crippen molar-refractivity contribution < 1.29 is 9.53 Å². The molecule has 1 aromatic heterocycles. The summed E-state index contributed by atoms with van der Waals surface area (Å²) in [6.45, 7) is 6.47. The van der Waals surface area contributed by atoms with E-state index >= 15 is 0 Å². The molecule has 7 heteroatoms. The molecule has 2 atom stereocenters. The first-order valence-corrected chi connectivity index (χ1v) is 11.8. The average Bonchev–Trinajstić information content (AvgIpc) is 3.30. The molecule has 1 aliphatic carbocycles. The molecule has 1 aromatic carbocycles. The van der Waals surface area contributed by atoms with Crippen molar-refractivity contribution in [1.29, 1.82) is 0 Å². The van der Waals surface area contributed by atoms with Gasteiger partial charge < -0.3 is 15.0 Å². The second-order valence-corrected chi connectivity index (χ2v) is 10.1. The van der Waals surface area contributed by atoms with E-state index in [2.05, 4.69) is 70.5 Å². The fourth-order valence-electron chi connectivity index (χ4n) is 5.74. The van der Waals surface area contributed by atoms with Gasteiger partial charge in [0.1, 0.15) is 0 Å². The lowest BCUT2D eigenvalue weighted by Crippen LogP contribution is -2.51. The largest absolute Gasteiger partial charge is 0.481 e. The second-order valence-electron chi connectivity index (χ2n) is 10.1. The van der Waals surface area contributed by atoms with Gasteiger partial charge in [-0.3, -0.25) is 4.79 Å². The fraction of sp³-hybridized carbons (Fsp3) is 0.407. The topological polar surface area (TPSA) is 79.2 Å². The van der Waals surface area contributed by atoms with E-state index in [0.717, 1.165) is 46.6 Å². The van der Waals surface area contributed by atoms with Crippen molar-refractivity contribution in [2.75, 3.05) is 19.1 Å². The van der Waals surface area contributed by atoms with Gasteiger partial charge >= 0.3 is 0 Å². The Kier molecular flexibility index (Phi) is 5.30. The monoisotopic (exact) mass is 457 g/mol. The van der Waals surface area contributed by atoms with E-state index in [4.69, 9.17) is 4.74 Å². The highest BCUT2D eigenvalue weighted by molar-refractivity contribution is 6.01. The minimum absolute atomic E-state index is 0.0815. The first-order valence-electron chi connectivity index (χ1n) is 11.8. The Labute approximate surface area is 200 Å². The SMILES string of the molecule is CC[C@]1(c2cccc(N(C)c3ccnc(OC)c3)c2)C2=CN=NC2NC2=C1C(=O)CC(C)(C)C2. The predicted molar refractivity (Wildman–Crippen MR) is 132 cm³/mol. The predicted octanol–water partition coefficient (Wildman–Crippen LogP) is 5.43. The van der Waals surface area contributed by atoms with E-state index < -0.39 is 5.41 Å². The molecule has 0 radical (unpaired) electrons. The van der Waals surface area contributed by atoms with E-state index in [1.54, 1.807) is 13.3 Å². The number of ether oxygens (including phenoxy) is 1. The number of ketones is 1. The third kappa shape index (κ3) is 3.42. The van der Waals surface area contributed by atoms with Gasteiger partial charge in [-0.2, -0.15) is 10.2 Å². The maximum atomic E-state index is 13.7. The number of nitrogens with zero attached hydrogens (tertiary/aromatic N) is 4. The standard InChI is InChI=1S/C27H31N5O2/c1-6-27(17-8-7-9-18(12-17)32(4)19-10-11-28-23(13-19)34-5)20-16-29-31-25(20)30-21-14-26(2,3)15-22(33)24(21)27/h7-13,16,25,30H,6,14-15H2,1-5H3/t25?,27-/m0/s1. The van der Waals surface area contributed by atoms with Crippen molar-refractivity contribution in [3.05, 3.63) is 71.2 Å². The van der Waals surface area contributed by atoms with Gasteiger partial charge in [0.05, 0.1) is 18.7 Å². The summed E-state index contributed by atoms with van der Waals surface area (Å²) in [6, 6.07) is 12.3. The number of aromatic nitrogens is 1. The normalized spacial score (nSPS) is 24.8. The van der Waals surface area contributed by atoms with Gasteiger partial charge in [-0.25, -0.2) is 4.98 Å². The average molecular weight is 458 g/mol. The van der Waals surface area contributed by atoms with Crippen LogP contribution in [0.15, 0.2) is 75.9 Å². The molecule has 0 spiro atoms. The number of azo groups is 1. The maximum absolute atomic E-state index is 13.7. The van der Waals surface area contributed by atoms with Gasteiger partial charge in [0.25, 0.3) is 0 Å². The number of pyridine rings is 1. The number of benzene rings is 1. The van der Waals surface area contributed by atoms with Gasteiger partial charge in [0.2, 0.25) is 5.88 Å². The highest BCUT2D eigenvalue weighted by Crippen LogP contribution is 2.54. The van der Waals surface area contributed by atoms with Crippen LogP contribution in [-0.4, -0.2) is 31.1 Å². The zero-order chi connectivity index (χ0) is 24.1. The van der Waals surface area contributed by atoms with Gasteiger partial charge in [0.15, 0.2) is 11.9 Å². The smallest absolute Gasteiger partial charge is 0.214 e. The highest BCUT2D eigenvalue weighted by atomic mass is 16.5. The molecular formula is C27H31N5O2. The molecule has 5 rings (SSSR count). The summed E-state index contributed by atoms with van der Waals surface area (Å²) in [5.41, 5.74) is 5.39. The Balaban J connectivity index is 1.66. The number of rotatable bonds is 5. The Bertz CT molecular complexity index is 1250. The van der Waals surface area contributed by atoms with Crippen LogP contribution >= 0.6 is 0 Å². The van der Waals surface area contributed by atoms with Gasteiger partial charge in [-0.1, -0.05) is 32.9 Å². The molecular weight excluding hydrogens is 426 g/mol. The minimum atomic E-state index is -0.560. The van der Waals surface area contributed by atoms with Crippen molar-refractivity contribution in [3.63, 3.8) is 0 Å². The molecule has 2 aromatic rings. The molecule has 0 saturated heterocycles. The summed E-state index contributed by atoms with van der Waals surface area (Å²) < 4.78 is 5.31. The fourth-order valence-corrected chi connectivity index (χ4v) is 5.74. The molecule has 34 heavy (non-hydrogen) atoms. The maximum Gasteiger partial charge on any atom is 0.214 e. The van der Waals surface area contributed by atoms with Gasteiger partial charge in [-0.05, 0) is 42.0 Å². The zero-order valence-electron chi connectivity index (χ0n) is 20.4. The lowest BCUT2D eigenvalue weighted by atomic mass is 9.59. The van der Waals surface area contributed by atoms with Crippen molar-refractivity contribution in [1.82, 2.24) is 10.3 Å². The molecule has 3 heterocycles. The number of nitrogens with one attached hydrogen (secondary N) is 1. The molecule has 2 aliphatic heterocycles. The van der Waals surface area contributed by atoms with Crippen LogP contribution in [0.1, 0.15) is 45.6 Å². The van der Waals surface area contributed by atoms with E-state index in [1.807, 2.05) is 25.4 Å². The third-order valence-corrected chi connectivity index (χ3v) is 7.35. The Morgan fingerprint density at radius 1 is 1.18 bits per heavy atom. The van der Waals surface area contributed by atoms with Crippen LogP contribution in [0, 0.1) is 5.41 Å². The van der Waals surface area contributed by atoms with Crippen LogP contribution in [-0.2, 0) is 10.2 Å². The highest BCUT2D eigenvalue weighted by Gasteiger charge is 2.53. The number of carbonyl (C=O) groups excluding carboxylic acids is 1. The van der Waals surface area contributed by atoms with Crippen LogP contribution < -0.4 is 15.0 Å². The van der Waals surface area contributed by atoms with Gasteiger partial charge in [-0.15, -0.1) is 0 Å². The van der Waals surface area contributed by atoms with Gasteiger partial charge in [0, 0.05) is 53.9 Å². The molecule has 3 aliphatic rings. The third-order valence-electron chi connectivity index (χ3n) is 7.35. The quantitative estimate of drug-likeness (QED) is 0.648. The number of Topliss-reactive ketones (excluding diaryl/α,β-unsaturated/α-hetero) is 1. The van der Waals surface area contributed by atoms with Crippen LogP contribution in [0.25, 0.3) is 0 Å². The molecule has 0 saturated carbocycles. The number of hydrogen-bond acceptors (Lipinski definition) is 7. The first-order chi connectivity index (χ1) is 16.3. The molecule has 0 fully saturated rings. The molecule has 0 bridgehead atoms. The molecule has 1 unspecified atom stereocenters.